The van der Waals surface area contributed by atoms with Crippen molar-refractivity contribution in [3.8, 4) is 0 Å². The lowest BCUT2D eigenvalue weighted by molar-refractivity contribution is 0.0432. The third-order valence-electron chi connectivity index (χ3n) is 4.47. The summed E-state index contributed by atoms with van der Waals surface area (Å²) in [6.45, 7) is 3.39. The topological polar surface area (TPSA) is 21.3 Å². The van der Waals surface area contributed by atoms with E-state index in [1.54, 1.807) is 0 Å². The molecule has 0 radical (unpaired) electrons. The van der Waals surface area contributed by atoms with Crippen molar-refractivity contribution in [2.45, 2.75) is 70.4 Å². The largest absolute Gasteiger partial charge is 0.380 e. The average molecular weight is 239 g/mol. The maximum absolute atomic E-state index is 5.78. The van der Waals surface area contributed by atoms with Crippen LogP contribution < -0.4 is 5.32 Å². The van der Waals surface area contributed by atoms with Crippen LogP contribution in [0.2, 0.25) is 0 Å². The summed E-state index contributed by atoms with van der Waals surface area (Å²) in [4.78, 5) is 0. The maximum atomic E-state index is 5.78. The molecule has 2 rings (SSSR count). The molecule has 0 heterocycles. The minimum Gasteiger partial charge on any atom is -0.380 e. The highest BCUT2D eigenvalue weighted by Gasteiger charge is 2.37. The third kappa shape index (κ3) is 3.96. The van der Waals surface area contributed by atoms with Gasteiger partial charge in [-0.05, 0) is 44.1 Å². The second-order valence-electron chi connectivity index (χ2n) is 5.98. The molecule has 2 saturated carbocycles. The lowest BCUT2D eigenvalue weighted by Gasteiger charge is -2.29. The number of nitrogens with one attached hydrogen (secondary N) is 1. The zero-order valence-corrected chi connectivity index (χ0v) is 11.6. The molecule has 2 aliphatic carbocycles. The molecule has 0 saturated heterocycles. The zero-order valence-electron chi connectivity index (χ0n) is 11.6. The lowest BCUT2D eigenvalue weighted by atomic mass is 9.93. The number of hydrogen-bond donors (Lipinski definition) is 1. The van der Waals surface area contributed by atoms with Crippen LogP contribution in [0.15, 0.2) is 0 Å². The Morgan fingerprint density at radius 3 is 2.41 bits per heavy atom. The molecular weight excluding hydrogens is 210 g/mol. The molecule has 2 nitrogen and oxygen atoms in total. The molecule has 100 valence electrons. The van der Waals surface area contributed by atoms with Crippen LogP contribution in [0.5, 0.6) is 0 Å². The van der Waals surface area contributed by atoms with Crippen LogP contribution in [0.4, 0.5) is 0 Å². The molecule has 17 heavy (non-hydrogen) atoms. The minimum absolute atomic E-state index is 0.474. The summed E-state index contributed by atoms with van der Waals surface area (Å²) < 4.78 is 5.78. The summed E-state index contributed by atoms with van der Waals surface area (Å²) >= 11 is 0. The van der Waals surface area contributed by atoms with Gasteiger partial charge in [-0.15, -0.1) is 0 Å². The van der Waals surface area contributed by atoms with E-state index in [9.17, 15) is 0 Å². The van der Waals surface area contributed by atoms with Gasteiger partial charge in [-0.25, -0.2) is 0 Å². The molecule has 2 unspecified atom stereocenters. The monoisotopic (exact) mass is 239 g/mol. The standard InChI is InChI=1S/C15H29NO/c1-3-10-16-14(11-12-6-4-5-7-12)15(17-2)13-8-9-13/h12-16H,3-11H2,1-2H3. The van der Waals surface area contributed by atoms with Crippen LogP contribution in [-0.2, 0) is 4.74 Å². The third-order valence-corrected chi connectivity index (χ3v) is 4.47. The summed E-state index contributed by atoms with van der Waals surface area (Å²) in [6, 6.07) is 0.607. The van der Waals surface area contributed by atoms with E-state index in [2.05, 4.69) is 12.2 Å². The summed E-state index contributed by atoms with van der Waals surface area (Å²) in [6.07, 6.45) is 11.6. The Kier molecular flexibility index (Phi) is 5.30. The van der Waals surface area contributed by atoms with E-state index in [0.29, 0.717) is 12.1 Å². The molecule has 0 amide bonds. The van der Waals surface area contributed by atoms with Crippen molar-refractivity contribution in [1.29, 1.82) is 0 Å². The van der Waals surface area contributed by atoms with Crippen LogP contribution >= 0.6 is 0 Å². The van der Waals surface area contributed by atoms with Crippen molar-refractivity contribution in [2.24, 2.45) is 11.8 Å². The van der Waals surface area contributed by atoms with Crippen molar-refractivity contribution in [2.75, 3.05) is 13.7 Å². The fourth-order valence-electron chi connectivity index (χ4n) is 3.38. The first-order valence-electron chi connectivity index (χ1n) is 7.61. The highest BCUT2D eigenvalue weighted by molar-refractivity contribution is 4.91. The molecule has 2 heteroatoms. The van der Waals surface area contributed by atoms with Gasteiger partial charge in [-0.1, -0.05) is 32.6 Å². The van der Waals surface area contributed by atoms with Gasteiger partial charge in [0, 0.05) is 13.2 Å². The number of rotatable bonds is 8. The Labute approximate surface area is 107 Å². The highest BCUT2D eigenvalue weighted by Crippen LogP contribution is 2.38. The van der Waals surface area contributed by atoms with Gasteiger partial charge in [-0.2, -0.15) is 0 Å². The molecule has 0 aromatic carbocycles. The highest BCUT2D eigenvalue weighted by atomic mass is 16.5. The summed E-state index contributed by atoms with van der Waals surface area (Å²) in [7, 11) is 1.90. The molecule has 2 atom stereocenters. The van der Waals surface area contributed by atoms with Crippen molar-refractivity contribution in [3.63, 3.8) is 0 Å². The second-order valence-corrected chi connectivity index (χ2v) is 5.98. The number of ether oxygens (including phenoxy) is 1. The average Bonchev–Trinajstić information content (AvgIpc) is 3.04. The maximum Gasteiger partial charge on any atom is 0.0752 e. The predicted octanol–water partition coefficient (Wildman–Crippen LogP) is 3.36. The molecule has 1 N–H and O–H groups in total. The minimum atomic E-state index is 0.474. The second kappa shape index (κ2) is 6.75. The molecular formula is C15H29NO. The zero-order chi connectivity index (χ0) is 12.1. The van der Waals surface area contributed by atoms with Crippen LogP contribution in [-0.4, -0.2) is 25.8 Å². The molecule has 0 bridgehead atoms. The van der Waals surface area contributed by atoms with E-state index >= 15 is 0 Å². The normalized spacial score (nSPS) is 25.1. The van der Waals surface area contributed by atoms with Crippen molar-refractivity contribution >= 4 is 0 Å². The molecule has 0 aromatic rings. The van der Waals surface area contributed by atoms with Crippen LogP contribution in [0.1, 0.15) is 58.3 Å². The van der Waals surface area contributed by atoms with Gasteiger partial charge in [-0.3, -0.25) is 0 Å². The SMILES string of the molecule is CCCNC(CC1CCCC1)C(OC)C1CC1. The van der Waals surface area contributed by atoms with Gasteiger partial charge in [0.1, 0.15) is 0 Å². The van der Waals surface area contributed by atoms with Gasteiger partial charge in [0.05, 0.1) is 6.10 Å². The van der Waals surface area contributed by atoms with Gasteiger partial charge in [0.15, 0.2) is 0 Å². The molecule has 0 spiro atoms. The number of hydrogen-bond acceptors (Lipinski definition) is 2. The van der Waals surface area contributed by atoms with E-state index in [1.807, 2.05) is 7.11 Å². The summed E-state index contributed by atoms with van der Waals surface area (Å²) in [5, 5.41) is 3.74. The van der Waals surface area contributed by atoms with E-state index in [1.165, 1.54) is 51.4 Å². The Morgan fingerprint density at radius 1 is 1.18 bits per heavy atom. The Hall–Kier alpha value is -0.0800. The molecule has 2 fully saturated rings. The smallest absolute Gasteiger partial charge is 0.0752 e. The first-order valence-corrected chi connectivity index (χ1v) is 7.61. The Bertz CT molecular complexity index is 209. The predicted molar refractivity (Wildman–Crippen MR) is 72.2 cm³/mol. The molecule has 0 aliphatic heterocycles. The van der Waals surface area contributed by atoms with Crippen LogP contribution in [0.25, 0.3) is 0 Å². The first-order chi connectivity index (χ1) is 8.35. The summed E-state index contributed by atoms with van der Waals surface area (Å²) in [5.74, 6) is 1.80. The number of methoxy groups -OCH3 is 1. The van der Waals surface area contributed by atoms with Crippen LogP contribution in [0, 0.1) is 11.8 Å². The summed E-state index contributed by atoms with van der Waals surface area (Å²) in [5.41, 5.74) is 0. The lowest BCUT2D eigenvalue weighted by Crippen LogP contribution is -2.43. The van der Waals surface area contributed by atoms with E-state index in [0.717, 1.165) is 18.4 Å². The fraction of sp³-hybridized carbons (Fsp3) is 1.00. The van der Waals surface area contributed by atoms with Crippen molar-refractivity contribution in [1.82, 2.24) is 5.32 Å². The van der Waals surface area contributed by atoms with E-state index in [-0.39, 0.29) is 0 Å². The van der Waals surface area contributed by atoms with E-state index in [4.69, 9.17) is 4.74 Å². The van der Waals surface area contributed by atoms with Crippen molar-refractivity contribution in [3.05, 3.63) is 0 Å². The quantitative estimate of drug-likeness (QED) is 0.701. The Morgan fingerprint density at radius 2 is 1.88 bits per heavy atom. The van der Waals surface area contributed by atoms with Crippen molar-refractivity contribution < 1.29 is 4.74 Å². The van der Waals surface area contributed by atoms with Gasteiger partial charge >= 0.3 is 0 Å². The van der Waals surface area contributed by atoms with Crippen LogP contribution in [0.3, 0.4) is 0 Å². The Balaban J connectivity index is 1.85. The molecule has 2 aliphatic rings. The molecule has 0 aromatic heterocycles. The first kappa shape index (κ1) is 13.4. The fourth-order valence-corrected chi connectivity index (χ4v) is 3.38. The van der Waals surface area contributed by atoms with Gasteiger partial charge in [0.2, 0.25) is 0 Å². The van der Waals surface area contributed by atoms with Gasteiger partial charge < -0.3 is 10.1 Å². The van der Waals surface area contributed by atoms with Gasteiger partial charge in [0.25, 0.3) is 0 Å². The van der Waals surface area contributed by atoms with E-state index < -0.39 is 0 Å².